The van der Waals surface area contributed by atoms with Crippen molar-refractivity contribution in [3.05, 3.63) is 58.1 Å². The molecule has 21 heavy (non-hydrogen) atoms. The Balaban J connectivity index is 1.69. The Kier molecular flexibility index (Phi) is 4.65. The molecule has 110 valence electrons. The van der Waals surface area contributed by atoms with E-state index in [4.69, 9.17) is 27.9 Å². The lowest BCUT2D eigenvalue weighted by molar-refractivity contribution is 0.0468. The van der Waals surface area contributed by atoms with Crippen molar-refractivity contribution in [1.29, 1.82) is 0 Å². The summed E-state index contributed by atoms with van der Waals surface area (Å²) in [7, 11) is 0. The Bertz CT molecular complexity index is 648. The number of rotatable bonds is 3. The number of para-hydroxylation sites is 1. The highest BCUT2D eigenvalue weighted by Crippen LogP contribution is 2.36. The molecule has 2 atom stereocenters. The van der Waals surface area contributed by atoms with Gasteiger partial charge in [0.05, 0.1) is 16.1 Å². The summed E-state index contributed by atoms with van der Waals surface area (Å²) >= 11 is 13.6. The predicted molar refractivity (Wildman–Crippen MR) is 87.8 cm³/mol. The van der Waals surface area contributed by atoms with Gasteiger partial charge in [-0.15, -0.1) is 11.8 Å². The molecule has 1 aliphatic heterocycles. The van der Waals surface area contributed by atoms with Gasteiger partial charge in [-0.1, -0.05) is 41.4 Å². The van der Waals surface area contributed by atoms with E-state index in [-0.39, 0.29) is 6.10 Å². The molecule has 1 aliphatic rings. The molecule has 0 fully saturated rings. The second-order valence-corrected chi connectivity index (χ2v) is 6.81. The van der Waals surface area contributed by atoms with Gasteiger partial charge in [-0.05, 0) is 29.8 Å². The van der Waals surface area contributed by atoms with Crippen LogP contribution in [0.4, 0.5) is 0 Å². The van der Waals surface area contributed by atoms with Crippen molar-refractivity contribution in [3.8, 4) is 5.75 Å². The summed E-state index contributed by atoms with van der Waals surface area (Å²) in [4.78, 5) is 1.12. The van der Waals surface area contributed by atoms with Crippen molar-refractivity contribution in [1.82, 2.24) is 0 Å². The summed E-state index contributed by atoms with van der Waals surface area (Å²) in [5.41, 5.74) is 0.948. The zero-order valence-electron chi connectivity index (χ0n) is 11.1. The number of benzene rings is 2. The molecular formula is C16H14Cl2O2S. The zero-order valence-corrected chi connectivity index (χ0v) is 13.5. The maximum absolute atomic E-state index is 10.4. The average molecular weight is 341 g/mol. The van der Waals surface area contributed by atoms with E-state index in [1.165, 1.54) is 0 Å². The van der Waals surface area contributed by atoms with Gasteiger partial charge in [0.15, 0.2) is 0 Å². The summed E-state index contributed by atoms with van der Waals surface area (Å²) in [6.07, 6.45) is -0.313. The van der Waals surface area contributed by atoms with Gasteiger partial charge in [0, 0.05) is 17.1 Å². The molecule has 5 heteroatoms. The third-order valence-corrected chi connectivity index (χ3v) is 5.27. The lowest BCUT2D eigenvalue weighted by Crippen LogP contribution is -2.37. The van der Waals surface area contributed by atoms with Gasteiger partial charge in [0.1, 0.15) is 11.9 Å². The normalized spacial score (nSPS) is 18.7. The Morgan fingerprint density at radius 2 is 2.00 bits per heavy atom. The number of aliphatic hydroxyl groups excluding tert-OH is 1. The quantitative estimate of drug-likeness (QED) is 0.894. The van der Waals surface area contributed by atoms with Crippen LogP contribution in [0.25, 0.3) is 0 Å². The van der Waals surface area contributed by atoms with E-state index in [2.05, 4.69) is 0 Å². The molecule has 1 N–H and O–H groups in total. The highest BCUT2D eigenvalue weighted by Gasteiger charge is 2.26. The maximum Gasteiger partial charge on any atom is 0.134 e. The van der Waals surface area contributed by atoms with E-state index >= 15 is 0 Å². The molecule has 0 saturated heterocycles. The number of hydrogen-bond acceptors (Lipinski definition) is 3. The van der Waals surface area contributed by atoms with Crippen LogP contribution < -0.4 is 4.74 Å². The second-order valence-electron chi connectivity index (χ2n) is 4.93. The standard InChI is InChI=1S/C16H14Cl2O2S/c17-11-6-5-10(7-12(11)18)8-13(19)15-9-21-16-4-2-1-3-14(16)20-15/h1-7,13,15,19H,8-9H2. The molecule has 0 bridgehead atoms. The number of aliphatic hydroxyl groups is 1. The Morgan fingerprint density at radius 3 is 2.81 bits per heavy atom. The van der Waals surface area contributed by atoms with Gasteiger partial charge >= 0.3 is 0 Å². The van der Waals surface area contributed by atoms with Crippen molar-refractivity contribution in [2.24, 2.45) is 0 Å². The summed E-state index contributed by atoms with van der Waals surface area (Å²) in [6.45, 7) is 0. The molecule has 0 amide bonds. The van der Waals surface area contributed by atoms with E-state index in [0.29, 0.717) is 16.5 Å². The highest BCUT2D eigenvalue weighted by molar-refractivity contribution is 7.99. The topological polar surface area (TPSA) is 29.5 Å². The Hall–Kier alpha value is -0.870. The molecule has 3 rings (SSSR count). The SMILES string of the molecule is OC(Cc1ccc(Cl)c(Cl)c1)C1CSc2ccccc2O1. The molecule has 2 aromatic carbocycles. The third kappa shape index (κ3) is 3.49. The lowest BCUT2D eigenvalue weighted by Gasteiger charge is -2.29. The lowest BCUT2D eigenvalue weighted by atomic mass is 10.0. The van der Waals surface area contributed by atoms with E-state index in [9.17, 15) is 5.11 Å². The molecule has 2 unspecified atom stereocenters. The first-order valence-electron chi connectivity index (χ1n) is 6.64. The van der Waals surface area contributed by atoms with Crippen molar-refractivity contribution >= 4 is 35.0 Å². The monoisotopic (exact) mass is 340 g/mol. The third-order valence-electron chi connectivity index (χ3n) is 3.39. The molecule has 2 nitrogen and oxygen atoms in total. The fourth-order valence-electron chi connectivity index (χ4n) is 2.26. The molecule has 0 radical (unpaired) electrons. The Labute approximate surface area is 138 Å². The minimum absolute atomic E-state index is 0.223. The van der Waals surface area contributed by atoms with Crippen molar-refractivity contribution in [2.75, 3.05) is 5.75 Å². The summed E-state index contributed by atoms with van der Waals surface area (Å²) < 4.78 is 5.89. The molecule has 0 aromatic heterocycles. The number of fused-ring (bicyclic) bond motifs is 1. The van der Waals surface area contributed by atoms with Crippen LogP contribution in [0.5, 0.6) is 5.75 Å². The van der Waals surface area contributed by atoms with Gasteiger partial charge in [-0.2, -0.15) is 0 Å². The van der Waals surface area contributed by atoms with Crippen LogP contribution in [0.3, 0.4) is 0 Å². The molecule has 2 aromatic rings. The summed E-state index contributed by atoms with van der Waals surface area (Å²) in [5.74, 6) is 1.58. The Morgan fingerprint density at radius 1 is 1.19 bits per heavy atom. The highest BCUT2D eigenvalue weighted by atomic mass is 35.5. The van der Waals surface area contributed by atoms with Crippen molar-refractivity contribution < 1.29 is 9.84 Å². The van der Waals surface area contributed by atoms with E-state index in [1.54, 1.807) is 23.9 Å². The van der Waals surface area contributed by atoms with Crippen molar-refractivity contribution in [2.45, 2.75) is 23.5 Å². The predicted octanol–water partition coefficient (Wildman–Crippen LogP) is 4.45. The first kappa shape index (κ1) is 15.0. The van der Waals surface area contributed by atoms with Crippen LogP contribution in [0, 0.1) is 0 Å². The zero-order chi connectivity index (χ0) is 14.8. The molecular weight excluding hydrogens is 327 g/mol. The van der Waals surface area contributed by atoms with Crippen LogP contribution in [0.1, 0.15) is 5.56 Å². The molecule has 0 spiro atoms. The van der Waals surface area contributed by atoms with Gasteiger partial charge in [-0.3, -0.25) is 0 Å². The fraction of sp³-hybridized carbons (Fsp3) is 0.250. The number of halogens is 2. The van der Waals surface area contributed by atoms with Crippen LogP contribution >= 0.6 is 35.0 Å². The van der Waals surface area contributed by atoms with E-state index in [1.807, 2.05) is 30.3 Å². The minimum Gasteiger partial charge on any atom is -0.486 e. The maximum atomic E-state index is 10.4. The van der Waals surface area contributed by atoms with Crippen LogP contribution in [0.15, 0.2) is 47.4 Å². The van der Waals surface area contributed by atoms with E-state index < -0.39 is 6.10 Å². The molecule has 1 heterocycles. The number of thioether (sulfide) groups is 1. The fourth-order valence-corrected chi connectivity index (χ4v) is 3.65. The van der Waals surface area contributed by atoms with Gasteiger partial charge in [-0.25, -0.2) is 0 Å². The van der Waals surface area contributed by atoms with Crippen LogP contribution in [-0.2, 0) is 6.42 Å². The summed E-state index contributed by atoms with van der Waals surface area (Å²) in [5, 5.41) is 11.4. The molecule has 0 saturated carbocycles. The second kappa shape index (κ2) is 6.49. The average Bonchev–Trinajstić information content (AvgIpc) is 2.50. The summed E-state index contributed by atoms with van der Waals surface area (Å²) in [6, 6.07) is 13.3. The first-order chi connectivity index (χ1) is 10.1. The van der Waals surface area contributed by atoms with Crippen LogP contribution in [-0.4, -0.2) is 23.1 Å². The van der Waals surface area contributed by atoms with Gasteiger partial charge in [0.25, 0.3) is 0 Å². The largest absolute Gasteiger partial charge is 0.486 e. The smallest absolute Gasteiger partial charge is 0.134 e. The van der Waals surface area contributed by atoms with Crippen LogP contribution in [0.2, 0.25) is 10.0 Å². The van der Waals surface area contributed by atoms with Gasteiger partial charge in [0.2, 0.25) is 0 Å². The van der Waals surface area contributed by atoms with Crippen molar-refractivity contribution in [3.63, 3.8) is 0 Å². The van der Waals surface area contributed by atoms with E-state index in [0.717, 1.165) is 22.0 Å². The number of hydrogen-bond donors (Lipinski definition) is 1. The first-order valence-corrected chi connectivity index (χ1v) is 8.38. The molecule has 0 aliphatic carbocycles. The van der Waals surface area contributed by atoms with Gasteiger partial charge < -0.3 is 9.84 Å². The minimum atomic E-state index is -0.580. The number of ether oxygens (including phenoxy) is 1.